The molecule has 3 aromatic rings. The van der Waals surface area contributed by atoms with Crippen LogP contribution in [0.1, 0.15) is 15.9 Å². The largest absolute Gasteiger partial charge is 0.478 e. The zero-order valence-electron chi connectivity index (χ0n) is 13.5. The smallest absolute Gasteiger partial charge is 0.414 e. The van der Waals surface area contributed by atoms with Gasteiger partial charge in [-0.2, -0.15) is 5.10 Å². The quantitative estimate of drug-likeness (QED) is 0.727. The Balaban J connectivity index is 1.68. The fourth-order valence-electron chi connectivity index (χ4n) is 2.16. The summed E-state index contributed by atoms with van der Waals surface area (Å²) in [7, 11) is 0. The van der Waals surface area contributed by atoms with Gasteiger partial charge in [0, 0.05) is 5.56 Å². The van der Waals surface area contributed by atoms with E-state index in [-0.39, 0.29) is 18.1 Å². The molecule has 1 amide bonds. The molecular formula is C18H14N4O4. The minimum atomic E-state index is -1.04. The number of ether oxygens (including phenoxy) is 1. The molecule has 1 aromatic heterocycles. The van der Waals surface area contributed by atoms with Gasteiger partial charge in [-0.3, -0.25) is 5.32 Å². The number of aromatic carboxylic acids is 1. The first-order valence-corrected chi connectivity index (χ1v) is 7.63. The minimum absolute atomic E-state index is 0.0405. The molecule has 8 nitrogen and oxygen atoms in total. The summed E-state index contributed by atoms with van der Waals surface area (Å²) in [4.78, 5) is 27.1. The van der Waals surface area contributed by atoms with Crippen molar-refractivity contribution >= 4 is 18.0 Å². The molecule has 2 N–H and O–H groups in total. The Morgan fingerprint density at radius 2 is 1.88 bits per heavy atom. The van der Waals surface area contributed by atoms with Crippen LogP contribution in [0.5, 0.6) is 0 Å². The SMILES string of the molecule is O=C(Nc1nncc(-c2cccc(C(=O)O)c2)n1)OCc1ccccc1. The number of nitrogens with zero attached hydrogens (tertiary/aromatic N) is 3. The van der Waals surface area contributed by atoms with Crippen LogP contribution in [0, 0.1) is 0 Å². The van der Waals surface area contributed by atoms with Crippen LogP contribution in [0.25, 0.3) is 11.3 Å². The second-order valence-electron chi connectivity index (χ2n) is 5.24. The van der Waals surface area contributed by atoms with E-state index in [1.54, 1.807) is 12.1 Å². The molecule has 0 saturated carbocycles. The second-order valence-corrected chi connectivity index (χ2v) is 5.24. The van der Waals surface area contributed by atoms with E-state index in [2.05, 4.69) is 20.5 Å². The number of hydrogen-bond acceptors (Lipinski definition) is 6. The Morgan fingerprint density at radius 1 is 1.08 bits per heavy atom. The van der Waals surface area contributed by atoms with Crippen molar-refractivity contribution in [1.82, 2.24) is 15.2 Å². The summed E-state index contributed by atoms with van der Waals surface area (Å²) < 4.78 is 5.09. The molecule has 8 heteroatoms. The maximum absolute atomic E-state index is 11.9. The summed E-state index contributed by atoms with van der Waals surface area (Å²) in [5.41, 5.74) is 1.89. The first kappa shape index (κ1) is 17.0. The van der Waals surface area contributed by atoms with Crippen LogP contribution < -0.4 is 5.32 Å². The molecule has 0 aliphatic rings. The van der Waals surface area contributed by atoms with Crippen molar-refractivity contribution in [1.29, 1.82) is 0 Å². The van der Waals surface area contributed by atoms with Gasteiger partial charge in [0.2, 0.25) is 0 Å². The predicted octanol–water partition coefficient (Wildman–Crippen LogP) is 2.99. The molecule has 130 valence electrons. The maximum Gasteiger partial charge on any atom is 0.414 e. The molecule has 0 saturated heterocycles. The third kappa shape index (κ3) is 4.38. The zero-order valence-corrected chi connectivity index (χ0v) is 13.5. The Morgan fingerprint density at radius 3 is 2.65 bits per heavy atom. The van der Waals surface area contributed by atoms with Crippen molar-refractivity contribution in [3.05, 3.63) is 71.9 Å². The van der Waals surface area contributed by atoms with E-state index in [1.165, 1.54) is 18.3 Å². The standard InChI is InChI=1S/C18H14N4O4/c23-16(24)14-8-4-7-13(9-14)15-10-19-22-17(20-15)21-18(25)26-11-12-5-2-1-3-6-12/h1-10H,11H2,(H,23,24)(H,20,21,22,25). The second kappa shape index (κ2) is 7.84. The highest BCUT2D eigenvalue weighted by molar-refractivity contribution is 5.89. The number of anilines is 1. The normalized spacial score (nSPS) is 10.2. The van der Waals surface area contributed by atoms with Gasteiger partial charge in [0.05, 0.1) is 17.5 Å². The van der Waals surface area contributed by atoms with Crippen molar-refractivity contribution in [3.63, 3.8) is 0 Å². The van der Waals surface area contributed by atoms with Gasteiger partial charge in [0.25, 0.3) is 5.95 Å². The molecule has 3 rings (SSSR count). The number of carboxylic acids is 1. The van der Waals surface area contributed by atoms with E-state index in [0.29, 0.717) is 11.3 Å². The van der Waals surface area contributed by atoms with Crippen molar-refractivity contribution in [2.45, 2.75) is 6.61 Å². The van der Waals surface area contributed by atoms with Crippen LogP contribution in [0.3, 0.4) is 0 Å². The topological polar surface area (TPSA) is 114 Å². The van der Waals surface area contributed by atoms with Gasteiger partial charge in [0.1, 0.15) is 6.61 Å². The molecule has 2 aromatic carbocycles. The van der Waals surface area contributed by atoms with E-state index in [0.717, 1.165) is 5.56 Å². The number of rotatable bonds is 5. The minimum Gasteiger partial charge on any atom is -0.478 e. The average molecular weight is 350 g/mol. The molecule has 0 bridgehead atoms. The molecule has 0 unspecified atom stereocenters. The van der Waals surface area contributed by atoms with E-state index >= 15 is 0 Å². The third-order valence-electron chi connectivity index (χ3n) is 3.39. The maximum atomic E-state index is 11.9. The van der Waals surface area contributed by atoms with Crippen molar-refractivity contribution in [2.24, 2.45) is 0 Å². The van der Waals surface area contributed by atoms with E-state index in [9.17, 15) is 9.59 Å². The van der Waals surface area contributed by atoms with Crippen molar-refractivity contribution in [2.75, 3.05) is 5.32 Å². The molecule has 0 spiro atoms. The predicted molar refractivity (Wildman–Crippen MR) is 92.5 cm³/mol. The summed E-state index contributed by atoms with van der Waals surface area (Å²) in [5.74, 6) is -1.09. The number of carboxylic acid groups (broad SMARTS) is 1. The molecule has 0 radical (unpaired) electrons. The summed E-state index contributed by atoms with van der Waals surface area (Å²) in [6.07, 6.45) is 0.661. The highest BCUT2D eigenvalue weighted by Crippen LogP contribution is 2.18. The van der Waals surface area contributed by atoms with Crippen LogP contribution in [0.15, 0.2) is 60.8 Å². The Hall–Kier alpha value is -3.81. The molecular weight excluding hydrogens is 336 g/mol. The molecule has 0 atom stereocenters. The van der Waals surface area contributed by atoms with E-state index in [4.69, 9.17) is 9.84 Å². The van der Waals surface area contributed by atoms with Crippen LogP contribution in [0.2, 0.25) is 0 Å². The van der Waals surface area contributed by atoms with Crippen LogP contribution in [0.4, 0.5) is 10.7 Å². The highest BCUT2D eigenvalue weighted by Gasteiger charge is 2.10. The number of carbonyl (C=O) groups is 2. The molecule has 0 aliphatic carbocycles. The van der Waals surface area contributed by atoms with E-state index in [1.807, 2.05) is 30.3 Å². The summed E-state index contributed by atoms with van der Waals surface area (Å²) in [6.45, 7) is 0.112. The van der Waals surface area contributed by atoms with Crippen LogP contribution >= 0.6 is 0 Å². The average Bonchev–Trinajstić information content (AvgIpc) is 2.67. The zero-order chi connectivity index (χ0) is 18.4. The molecule has 26 heavy (non-hydrogen) atoms. The number of carbonyl (C=O) groups excluding carboxylic acids is 1. The van der Waals surface area contributed by atoms with Gasteiger partial charge >= 0.3 is 12.1 Å². The summed E-state index contributed by atoms with van der Waals surface area (Å²) in [5, 5.41) is 19.0. The highest BCUT2D eigenvalue weighted by atomic mass is 16.5. The molecule has 1 heterocycles. The summed E-state index contributed by atoms with van der Waals surface area (Å²) >= 11 is 0. The number of nitrogens with one attached hydrogen (secondary N) is 1. The monoisotopic (exact) mass is 350 g/mol. The number of benzene rings is 2. The van der Waals surface area contributed by atoms with Crippen molar-refractivity contribution < 1.29 is 19.4 Å². The number of aromatic nitrogens is 3. The molecule has 0 aliphatic heterocycles. The van der Waals surface area contributed by atoms with Gasteiger partial charge in [0.15, 0.2) is 0 Å². The fourth-order valence-corrected chi connectivity index (χ4v) is 2.16. The van der Waals surface area contributed by atoms with Gasteiger partial charge < -0.3 is 9.84 Å². The molecule has 0 fully saturated rings. The lowest BCUT2D eigenvalue weighted by molar-refractivity contribution is 0.0697. The summed E-state index contributed by atoms with van der Waals surface area (Å²) in [6, 6.07) is 15.5. The van der Waals surface area contributed by atoms with Crippen LogP contribution in [-0.2, 0) is 11.3 Å². The lowest BCUT2D eigenvalue weighted by atomic mass is 10.1. The van der Waals surface area contributed by atoms with Crippen LogP contribution in [-0.4, -0.2) is 32.4 Å². The van der Waals surface area contributed by atoms with Gasteiger partial charge in [-0.15, -0.1) is 5.10 Å². The van der Waals surface area contributed by atoms with Crippen molar-refractivity contribution in [3.8, 4) is 11.3 Å². The van der Waals surface area contributed by atoms with E-state index < -0.39 is 12.1 Å². The third-order valence-corrected chi connectivity index (χ3v) is 3.39. The first-order chi connectivity index (χ1) is 12.6. The lowest BCUT2D eigenvalue weighted by Gasteiger charge is -2.07. The lowest BCUT2D eigenvalue weighted by Crippen LogP contribution is -2.16. The van der Waals surface area contributed by atoms with Gasteiger partial charge in [-0.05, 0) is 17.7 Å². The fraction of sp³-hybridized carbons (Fsp3) is 0.0556. The number of hydrogen-bond donors (Lipinski definition) is 2. The number of amides is 1. The van der Waals surface area contributed by atoms with Gasteiger partial charge in [-0.1, -0.05) is 42.5 Å². The Bertz CT molecular complexity index is 931. The Labute approximate surface area is 148 Å². The van der Waals surface area contributed by atoms with Gasteiger partial charge in [-0.25, -0.2) is 14.6 Å². The Kier molecular flexibility index (Phi) is 5.14. The first-order valence-electron chi connectivity index (χ1n) is 7.63.